The summed E-state index contributed by atoms with van der Waals surface area (Å²) in [6.45, 7) is 0. The molecule has 1 aromatic rings. The Balaban J connectivity index is 3.30. The van der Waals surface area contributed by atoms with Crippen LogP contribution in [-0.2, 0) is 11.2 Å². The third-order valence-electron chi connectivity index (χ3n) is 1.87. The SMILES string of the molecule is COc1c(CC(=O)O)ncc(O)c1C(F)F. The topological polar surface area (TPSA) is 79.7 Å². The first-order valence-corrected chi connectivity index (χ1v) is 4.22. The van der Waals surface area contributed by atoms with E-state index >= 15 is 0 Å². The number of aliphatic carboxylic acids is 1. The standard InChI is InChI=1S/C9H9F2NO4/c1-16-8-4(2-6(14)15)12-3-5(13)7(8)9(10)11/h3,9,13H,2H2,1H3,(H,14,15). The van der Waals surface area contributed by atoms with Gasteiger partial charge in [-0.05, 0) is 0 Å². The second kappa shape index (κ2) is 4.73. The highest BCUT2D eigenvalue weighted by atomic mass is 19.3. The van der Waals surface area contributed by atoms with E-state index < -0.39 is 35.9 Å². The van der Waals surface area contributed by atoms with Gasteiger partial charge in [-0.1, -0.05) is 0 Å². The molecule has 5 nitrogen and oxygen atoms in total. The molecular weight excluding hydrogens is 224 g/mol. The molecule has 0 radical (unpaired) electrons. The fourth-order valence-corrected chi connectivity index (χ4v) is 1.25. The lowest BCUT2D eigenvalue weighted by atomic mass is 10.1. The summed E-state index contributed by atoms with van der Waals surface area (Å²) in [5.74, 6) is -2.34. The number of carboxylic acid groups (broad SMARTS) is 1. The highest BCUT2D eigenvalue weighted by Gasteiger charge is 2.23. The maximum atomic E-state index is 12.6. The second-order valence-corrected chi connectivity index (χ2v) is 2.91. The summed E-state index contributed by atoms with van der Waals surface area (Å²) in [5.41, 5.74) is -0.892. The average Bonchev–Trinajstić information content (AvgIpc) is 2.18. The van der Waals surface area contributed by atoms with Gasteiger partial charge in [0.25, 0.3) is 6.43 Å². The van der Waals surface area contributed by atoms with Gasteiger partial charge in [-0.3, -0.25) is 9.78 Å². The number of alkyl halides is 2. The molecule has 0 aliphatic heterocycles. The summed E-state index contributed by atoms with van der Waals surface area (Å²) in [6.07, 6.45) is -2.74. The van der Waals surface area contributed by atoms with Crippen LogP contribution in [0.3, 0.4) is 0 Å². The summed E-state index contributed by atoms with van der Waals surface area (Å²) in [6, 6.07) is 0. The van der Waals surface area contributed by atoms with Crippen LogP contribution >= 0.6 is 0 Å². The fourth-order valence-electron chi connectivity index (χ4n) is 1.25. The summed E-state index contributed by atoms with van der Waals surface area (Å²) >= 11 is 0. The van der Waals surface area contributed by atoms with Crippen LogP contribution in [0.4, 0.5) is 8.78 Å². The molecule has 0 saturated carbocycles. The number of methoxy groups -OCH3 is 1. The Hall–Kier alpha value is -1.92. The molecule has 0 saturated heterocycles. The van der Waals surface area contributed by atoms with Gasteiger partial charge in [0.1, 0.15) is 11.3 Å². The zero-order valence-electron chi connectivity index (χ0n) is 8.28. The van der Waals surface area contributed by atoms with Crippen molar-refractivity contribution in [3.05, 3.63) is 17.5 Å². The molecule has 1 rings (SSSR count). The van der Waals surface area contributed by atoms with Gasteiger partial charge < -0.3 is 14.9 Å². The fraction of sp³-hybridized carbons (Fsp3) is 0.333. The van der Waals surface area contributed by atoms with E-state index in [1.165, 1.54) is 0 Å². The van der Waals surface area contributed by atoms with Crippen LogP contribution in [0.1, 0.15) is 17.7 Å². The van der Waals surface area contributed by atoms with Gasteiger partial charge in [0, 0.05) is 0 Å². The van der Waals surface area contributed by atoms with E-state index in [2.05, 4.69) is 9.72 Å². The Morgan fingerprint density at radius 3 is 2.69 bits per heavy atom. The van der Waals surface area contributed by atoms with Crippen molar-refractivity contribution >= 4 is 5.97 Å². The number of halogens is 2. The average molecular weight is 233 g/mol. The van der Waals surface area contributed by atoms with E-state index in [1.54, 1.807) is 0 Å². The highest BCUT2D eigenvalue weighted by molar-refractivity contribution is 5.71. The van der Waals surface area contributed by atoms with Gasteiger partial charge in [-0.15, -0.1) is 0 Å². The molecule has 2 N–H and O–H groups in total. The van der Waals surface area contributed by atoms with E-state index in [4.69, 9.17) is 5.11 Å². The summed E-state index contributed by atoms with van der Waals surface area (Å²) in [5, 5.41) is 17.7. The highest BCUT2D eigenvalue weighted by Crippen LogP contribution is 2.37. The lowest BCUT2D eigenvalue weighted by molar-refractivity contribution is -0.136. The zero-order chi connectivity index (χ0) is 12.3. The van der Waals surface area contributed by atoms with Gasteiger partial charge in [-0.25, -0.2) is 8.78 Å². The summed E-state index contributed by atoms with van der Waals surface area (Å²) < 4.78 is 29.8. The van der Waals surface area contributed by atoms with E-state index in [0.29, 0.717) is 0 Å². The Kier molecular flexibility index (Phi) is 3.60. The second-order valence-electron chi connectivity index (χ2n) is 2.91. The van der Waals surface area contributed by atoms with E-state index in [-0.39, 0.29) is 5.69 Å². The van der Waals surface area contributed by atoms with Crippen molar-refractivity contribution in [3.63, 3.8) is 0 Å². The Morgan fingerprint density at radius 2 is 2.25 bits per heavy atom. The van der Waals surface area contributed by atoms with Crippen LogP contribution in [0.5, 0.6) is 11.5 Å². The molecule has 1 heterocycles. The van der Waals surface area contributed by atoms with Crippen molar-refractivity contribution in [2.24, 2.45) is 0 Å². The molecule has 0 spiro atoms. The maximum Gasteiger partial charge on any atom is 0.309 e. The van der Waals surface area contributed by atoms with Crippen molar-refractivity contribution in [1.29, 1.82) is 0 Å². The van der Waals surface area contributed by atoms with Crippen LogP contribution in [0.25, 0.3) is 0 Å². The number of aromatic hydroxyl groups is 1. The molecule has 0 atom stereocenters. The minimum absolute atomic E-state index is 0.150. The lowest BCUT2D eigenvalue weighted by Crippen LogP contribution is -2.07. The van der Waals surface area contributed by atoms with Gasteiger partial charge >= 0.3 is 5.97 Å². The Labute approximate surface area is 89.3 Å². The number of hydrogen-bond donors (Lipinski definition) is 2. The molecule has 0 fully saturated rings. The monoisotopic (exact) mass is 233 g/mol. The molecule has 0 unspecified atom stereocenters. The Bertz CT molecular complexity index is 409. The molecule has 88 valence electrons. The first-order valence-electron chi connectivity index (χ1n) is 4.22. The van der Waals surface area contributed by atoms with Crippen molar-refractivity contribution in [1.82, 2.24) is 4.98 Å². The molecule has 1 aromatic heterocycles. The van der Waals surface area contributed by atoms with Gasteiger partial charge in [0.2, 0.25) is 0 Å². The van der Waals surface area contributed by atoms with Crippen molar-refractivity contribution in [2.45, 2.75) is 12.8 Å². The molecular formula is C9H9F2NO4. The van der Waals surface area contributed by atoms with Crippen LogP contribution in [0, 0.1) is 0 Å². The van der Waals surface area contributed by atoms with E-state index in [9.17, 15) is 18.7 Å². The Morgan fingerprint density at radius 1 is 1.62 bits per heavy atom. The summed E-state index contributed by atoms with van der Waals surface area (Å²) in [4.78, 5) is 14.0. The number of carboxylic acids is 1. The van der Waals surface area contributed by atoms with Gasteiger partial charge in [0.15, 0.2) is 5.75 Å². The predicted octanol–water partition coefficient (Wildman–Crippen LogP) is 1.36. The smallest absolute Gasteiger partial charge is 0.309 e. The quantitative estimate of drug-likeness (QED) is 0.820. The molecule has 7 heteroatoms. The largest absolute Gasteiger partial charge is 0.506 e. The third kappa shape index (κ3) is 2.36. The first-order chi connectivity index (χ1) is 7.47. The third-order valence-corrected chi connectivity index (χ3v) is 1.87. The lowest BCUT2D eigenvalue weighted by Gasteiger charge is -2.12. The zero-order valence-corrected chi connectivity index (χ0v) is 8.28. The number of rotatable bonds is 4. The molecule has 0 aliphatic rings. The predicted molar refractivity (Wildman–Crippen MR) is 48.8 cm³/mol. The normalized spacial score (nSPS) is 10.5. The van der Waals surface area contributed by atoms with E-state index in [0.717, 1.165) is 13.3 Å². The van der Waals surface area contributed by atoms with E-state index in [1.807, 2.05) is 0 Å². The molecule has 0 bridgehead atoms. The van der Waals surface area contributed by atoms with Crippen LogP contribution in [0.15, 0.2) is 6.20 Å². The number of pyridine rings is 1. The maximum absolute atomic E-state index is 12.6. The van der Waals surface area contributed by atoms with Crippen LogP contribution < -0.4 is 4.74 Å². The van der Waals surface area contributed by atoms with Crippen LogP contribution in [0.2, 0.25) is 0 Å². The molecule has 0 aliphatic carbocycles. The number of aromatic nitrogens is 1. The van der Waals surface area contributed by atoms with Crippen LogP contribution in [-0.4, -0.2) is 28.3 Å². The number of nitrogens with zero attached hydrogens (tertiary/aromatic N) is 1. The van der Waals surface area contributed by atoms with Crippen molar-refractivity contribution in [3.8, 4) is 11.5 Å². The van der Waals surface area contributed by atoms with Gasteiger partial charge in [-0.2, -0.15) is 0 Å². The number of hydrogen-bond acceptors (Lipinski definition) is 4. The van der Waals surface area contributed by atoms with Crippen molar-refractivity contribution < 1.29 is 28.5 Å². The molecule has 0 aromatic carbocycles. The number of ether oxygens (including phenoxy) is 1. The summed E-state index contributed by atoms with van der Waals surface area (Å²) in [7, 11) is 1.10. The van der Waals surface area contributed by atoms with Gasteiger partial charge in [0.05, 0.1) is 25.4 Å². The minimum Gasteiger partial charge on any atom is -0.506 e. The minimum atomic E-state index is -2.97. The first kappa shape index (κ1) is 12.2. The molecule has 0 amide bonds. The van der Waals surface area contributed by atoms with Crippen molar-refractivity contribution in [2.75, 3.05) is 7.11 Å². The molecule has 16 heavy (non-hydrogen) atoms. The number of carbonyl (C=O) groups is 1.